The third kappa shape index (κ3) is 3.20. The number of para-hydroxylation sites is 2. The lowest BCUT2D eigenvalue weighted by molar-refractivity contribution is 0.642. The van der Waals surface area contributed by atoms with Gasteiger partial charge in [0, 0.05) is 27.9 Å². The number of hydrogen-bond donors (Lipinski definition) is 1. The number of rotatable bonds is 3. The predicted octanol–water partition coefficient (Wildman–Crippen LogP) is 8.86. The van der Waals surface area contributed by atoms with Crippen LogP contribution in [0.1, 0.15) is 11.1 Å². The summed E-state index contributed by atoms with van der Waals surface area (Å²) in [4.78, 5) is 7.64. The predicted molar refractivity (Wildman–Crippen MR) is 160 cm³/mol. The van der Waals surface area contributed by atoms with Crippen LogP contribution >= 0.6 is 0 Å². The average Bonchev–Trinajstić information content (AvgIpc) is 3.51. The van der Waals surface area contributed by atoms with Gasteiger partial charge in [-0.1, -0.05) is 121 Å². The fourth-order valence-corrected chi connectivity index (χ4v) is 6.28. The van der Waals surface area contributed by atoms with Crippen molar-refractivity contribution in [1.29, 1.82) is 0 Å². The minimum Gasteiger partial charge on any atom is -0.353 e. The van der Waals surface area contributed by atoms with Crippen LogP contribution in [0.4, 0.5) is 17.1 Å². The summed E-state index contributed by atoms with van der Waals surface area (Å²) in [7, 11) is 0. The molecule has 0 atom stereocenters. The number of pyridine rings is 1. The van der Waals surface area contributed by atoms with Gasteiger partial charge in [-0.05, 0) is 35.4 Å². The zero-order valence-corrected chi connectivity index (χ0v) is 21.3. The molecule has 0 radical (unpaired) electrons. The van der Waals surface area contributed by atoms with Crippen LogP contribution in [-0.4, -0.2) is 4.98 Å². The molecule has 1 aliphatic heterocycles. The molecule has 2 aliphatic rings. The quantitative estimate of drug-likeness (QED) is 0.264. The summed E-state index contributed by atoms with van der Waals surface area (Å²) in [6.45, 7) is 0. The van der Waals surface area contributed by atoms with Crippen molar-refractivity contribution in [1.82, 2.24) is 4.98 Å². The molecular weight excluding hydrogens is 474 g/mol. The highest BCUT2D eigenvalue weighted by molar-refractivity contribution is 5.95. The summed E-state index contributed by atoms with van der Waals surface area (Å²) in [5.74, 6) is 0. The van der Waals surface area contributed by atoms with Crippen LogP contribution in [0.3, 0.4) is 0 Å². The van der Waals surface area contributed by atoms with Crippen LogP contribution in [0.15, 0.2) is 146 Å². The Bertz CT molecular complexity index is 1740. The van der Waals surface area contributed by atoms with Crippen LogP contribution in [-0.2, 0) is 5.66 Å². The molecule has 6 aromatic rings. The minimum atomic E-state index is -0.583. The highest BCUT2D eigenvalue weighted by atomic mass is 15.4. The molecule has 1 aliphatic carbocycles. The first kappa shape index (κ1) is 21.9. The van der Waals surface area contributed by atoms with Crippen LogP contribution in [0, 0.1) is 0 Å². The Morgan fingerprint density at radius 3 is 1.59 bits per heavy atom. The molecule has 0 fully saturated rings. The molecule has 1 spiro atoms. The average molecular weight is 500 g/mol. The molecule has 1 N–H and O–H groups in total. The van der Waals surface area contributed by atoms with Gasteiger partial charge in [0.2, 0.25) is 0 Å². The van der Waals surface area contributed by atoms with Gasteiger partial charge >= 0.3 is 0 Å². The molecule has 0 saturated heterocycles. The Labute approximate surface area is 228 Å². The molecule has 8 rings (SSSR count). The van der Waals surface area contributed by atoms with Gasteiger partial charge in [-0.15, -0.1) is 0 Å². The van der Waals surface area contributed by atoms with E-state index in [9.17, 15) is 0 Å². The van der Waals surface area contributed by atoms with Gasteiger partial charge in [-0.3, -0.25) is 0 Å². The molecule has 3 heteroatoms. The summed E-state index contributed by atoms with van der Waals surface area (Å²) in [6.07, 6.45) is 0. The van der Waals surface area contributed by atoms with Crippen molar-refractivity contribution < 1.29 is 0 Å². The second kappa shape index (κ2) is 8.44. The summed E-state index contributed by atoms with van der Waals surface area (Å²) < 4.78 is 0. The fraction of sp³-hybridized carbons (Fsp3) is 0.0278. The van der Waals surface area contributed by atoms with E-state index in [1.165, 1.54) is 22.3 Å². The van der Waals surface area contributed by atoms with Crippen molar-refractivity contribution in [2.75, 3.05) is 10.2 Å². The standard InChI is InChI=1S/C36H25N3/c1-3-13-25(14-4-1)33-23-27(24-34(37-33)26-15-5-2-6-16-26)39-35-22-12-11-21-32(35)38-36(39)30-19-9-7-17-28(30)29-18-8-10-20-31(29)36/h1-24,38H. The normalized spacial score (nSPS) is 14.0. The van der Waals surface area contributed by atoms with Crippen molar-refractivity contribution >= 4 is 17.1 Å². The molecule has 0 bridgehead atoms. The summed E-state index contributed by atoms with van der Waals surface area (Å²) in [5.41, 5.74) is 11.9. The number of anilines is 3. The molecule has 0 unspecified atom stereocenters. The van der Waals surface area contributed by atoms with Crippen LogP contribution < -0.4 is 10.2 Å². The van der Waals surface area contributed by atoms with Gasteiger partial charge in [0.05, 0.1) is 22.8 Å². The molecule has 5 aromatic carbocycles. The summed E-state index contributed by atoms with van der Waals surface area (Å²) >= 11 is 0. The van der Waals surface area contributed by atoms with E-state index in [-0.39, 0.29) is 0 Å². The zero-order valence-electron chi connectivity index (χ0n) is 21.3. The maximum absolute atomic E-state index is 5.16. The maximum atomic E-state index is 5.16. The van der Waals surface area contributed by atoms with Crippen LogP contribution in [0.25, 0.3) is 33.6 Å². The molecule has 0 saturated carbocycles. The van der Waals surface area contributed by atoms with E-state index >= 15 is 0 Å². The molecule has 39 heavy (non-hydrogen) atoms. The molecular formula is C36H25N3. The van der Waals surface area contributed by atoms with Crippen molar-refractivity contribution in [3.05, 3.63) is 157 Å². The number of hydrogen-bond acceptors (Lipinski definition) is 3. The molecule has 1 aromatic heterocycles. The van der Waals surface area contributed by atoms with E-state index in [4.69, 9.17) is 4.98 Å². The molecule has 184 valence electrons. The van der Waals surface area contributed by atoms with E-state index in [1.54, 1.807) is 0 Å². The number of nitrogens with zero attached hydrogens (tertiary/aromatic N) is 2. The first-order valence-corrected chi connectivity index (χ1v) is 13.3. The van der Waals surface area contributed by atoms with Gasteiger partial charge in [-0.25, -0.2) is 4.98 Å². The van der Waals surface area contributed by atoms with Gasteiger partial charge in [0.25, 0.3) is 0 Å². The summed E-state index contributed by atoms with van der Waals surface area (Å²) in [5, 5.41) is 3.99. The zero-order chi connectivity index (χ0) is 25.8. The Hall–Kier alpha value is -5.15. The number of fused-ring (bicyclic) bond motifs is 6. The number of nitrogens with one attached hydrogen (secondary N) is 1. The Kier molecular flexibility index (Phi) is 4.74. The first-order chi connectivity index (χ1) is 19.3. The lowest BCUT2D eigenvalue weighted by Gasteiger charge is -2.39. The molecule has 3 nitrogen and oxygen atoms in total. The van der Waals surface area contributed by atoms with E-state index in [0.717, 1.165) is 39.6 Å². The lowest BCUT2D eigenvalue weighted by atomic mass is 9.94. The topological polar surface area (TPSA) is 28.2 Å². The van der Waals surface area contributed by atoms with Crippen molar-refractivity contribution in [2.45, 2.75) is 5.66 Å². The highest BCUT2D eigenvalue weighted by Crippen LogP contribution is 2.59. The smallest absolute Gasteiger partial charge is 0.169 e. The highest BCUT2D eigenvalue weighted by Gasteiger charge is 2.52. The van der Waals surface area contributed by atoms with E-state index in [2.05, 4.69) is 144 Å². The Morgan fingerprint density at radius 2 is 1.00 bits per heavy atom. The Morgan fingerprint density at radius 1 is 0.513 bits per heavy atom. The Balaban J connectivity index is 1.45. The molecule has 0 amide bonds. The SMILES string of the molecule is c1ccc(-c2cc(N3c4ccccc4NC34c3ccccc3-c3ccccc34)cc(-c3ccccc3)n2)cc1. The van der Waals surface area contributed by atoms with Crippen LogP contribution in [0.2, 0.25) is 0 Å². The van der Waals surface area contributed by atoms with Crippen molar-refractivity contribution in [2.24, 2.45) is 0 Å². The maximum Gasteiger partial charge on any atom is 0.169 e. The van der Waals surface area contributed by atoms with Gasteiger partial charge < -0.3 is 10.2 Å². The fourth-order valence-electron chi connectivity index (χ4n) is 6.28. The third-order valence-corrected chi connectivity index (χ3v) is 7.93. The molecule has 2 heterocycles. The van der Waals surface area contributed by atoms with E-state index in [1.807, 2.05) is 12.1 Å². The summed E-state index contributed by atoms with van der Waals surface area (Å²) in [6, 6.07) is 51.6. The van der Waals surface area contributed by atoms with Gasteiger partial charge in [0.1, 0.15) is 0 Å². The minimum absolute atomic E-state index is 0.583. The third-order valence-electron chi connectivity index (χ3n) is 7.93. The number of aromatic nitrogens is 1. The van der Waals surface area contributed by atoms with Gasteiger partial charge in [0.15, 0.2) is 5.66 Å². The largest absolute Gasteiger partial charge is 0.353 e. The number of benzene rings is 5. The van der Waals surface area contributed by atoms with Crippen LogP contribution in [0.5, 0.6) is 0 Å². The monoisotopic (exact) mass is 499 g/mol. The second-order valence-electron chi connectivity index (χ2n) is 10.1. The van der Waals surface area contributed by atoms with Gasteiger partial charge in [-0.2, -0.15) is 0 Å². The van der Waals surface area contributed by atoms with Crippen molar-refractivity contribution in [3.8, 4) is 33.6 Å². The lowest BCUT2D eigenvalue weighted by Crippen LogP contribution is -2.45. The second-order valence-corrected chi connectivity index (χ2v) is 10.1. The first-order valence-electron chi connectivity index (χ1n) is 13.3. The van der Waals surface area contributed by atoms with E-state index < -0.39 is 5.66 Å². The van der Waals surface area contributed by atoms with E-state index in [0.29, 0.717) is 0 Å². The van der Waals surface area contributed by atoms with Crippen molar-refractivity contribution in [3.63, 3.8) is 0 Å².